The van der Waals surface area contributed by atoms with Crippen molar-refractivity contribution in [1.29, 1.82) is 0 Å². The predicted octanol–water partition coefficient (Wildman–Crippen LogP) is 3.26. The minimum Gasteiger partial charge on any atom is -0.381 e. The van der Waals surface area contributed by atoms with Gasteiger partial charge >= 0.3 is 0 Å². The highest BCUT2D eigenvalue weighted by atomic mass is 16.5. The van der Waals surface area contributed by atoms with Crippen molar-refractivity contribution in [3.8, 4) is 11.4 Å². The topological polar surface area (TPSA) is 119 Å². The Hall–Kier alpha value is -3.66. The van der Waals surface area contributed by atoms with E-state index in [0.717, 1.165) is 32.5 Å². The lowest BCUT2D eigenvalue weighted by molar-refractivity contribution is -0.117. The van der Waals surface area contributed by atoms with E-state index in [-0.39, 0.29) is 29.0 Å². The van der Waals surface area contributed by atoms with Crippen LogP contribution in [0, 0.1) is 11.8 Å². The van der Waals surface area contributed by atoms with Gasteiger partial charge in [-0.25, -0.2) is 14.5 Å². The third-order valence-electron chi connectivity index (χ3n) is 6.73. The fourth-order valence-electron chi connectivity index (χ4n) is 4.55. The number of nitrogens with zero attached hydrogens (tertiary/aromatic N) is 6. The zero-order valence-corrected chi connectivity index (χ0v) is 18.7. The molecule has 4 aromatic rings. The molecule has 2 N–H and O–H groups in total. The Morgan fingerprint density at radius 2 is 2.12 bits per heavy atom. The lowest BCUT2D eigenvalue weighted by Crippen LogP contribution is -2.16. The summed E-state index contributed by atoms with van der Waals surface area (Å²) < 4.78 is 30.0. The zero-order valence-electron chi connectivity index (χ0n) is 21.7. The third-order valence-corrected chi connectivity index (χ3v) is 6.73. The van der Waals surface area contributed by atoms with E-state index in [9.17, 15) is 4.79 Å². The highest BCUT2D eigenvalue weighted by molar-refractivity contribution is 6.01. The molecule has 0 aromatic carbocycles. The maximum Gasteiger partial charge on any atom is 0.228 e. The number of pyridine rings is 2. The molecule has 2 atom stereocenters. The first-order valence-electron chi connectivity index (χ1n) is 12.9. The minimum absolute atomic E-state index is 0.0350. The summed E-state index contributed by atoms with van der Waals surface area (Å²) in [6.45, 7) is 1.05. The molecule has 6 rings (SSSR count). The molecule has 1 aliphatic carbocycles. The van der Waals surface area contributed by atoms with Gasteiger partial charge in [0, 0.05) is 53.6 Å². The fourth-order valence-corrected chi connectivity index (χ4v) is 4.55. The van der Waals surface area contributed by atoms with E-state index in [1.165, 1.54) is 11.8 Å². The van der Waals surface area contributed by atoms with Crippen molar-refractivity contribution in [2.75, 3.05) is 30.8 Å². The molecule has 1 aliphatic heterocycles. The molecule has 0 unspecified atom stereocenters. The van der Waals surface area contributed by atoms with Crippen LogP contribution in [0.5, 0.6) is 0 Å². The van der Waals surface area contributed by atoms with Crippen LogP contribution in [0.2, 0.25) is 0 Å². The van der Waals surface area contributed by atoms with Gasteiger partial charge in [0.2, 0.25) is 5.91 Å². The summed E-state index contributed by atoms with van der Waals surface area (Å²) in [6, 6.07) is 5.67. The first-order chi connectivity index (χ1) is 17.7. The molecule has 4 aromatic heterocycles. The average molecular weight is 462 g/mol. The number of carbonyl (C=O) groups is 1. The molecule has 34 heavy (non-hydrogen) atoms. The molecular weight excluding hydrogens is 432 g/mol. The number of carbonyl (C=O) groups excluding carboxylic acids is 1. The van der Waals surface area contributed by atoms with Crippen molar-refractivity contribution < 1.29 is 13.6 Å². The molecule has 10 nitrogen and oxygen atoms in total. The molecule has 1 saturated carbocycles. The molecule has 1 amide bonds. The Kier molecular flexibility index (Phi) is 4.33. The van der Waals surface area contributed by atoms with Gasteiger partial charge in [-0.15, -0.1) is 15.3 Å². The molecule has 0 radical (unpaired) electrons. The van der Waals surface area contributed by atoms with E-state index in [2.05, 4.69) is 36.9 Å². The summed E-state index contributed by atoms with van der Waals surface area (Å²) in [5.41, 5.74) is 2.64. The maximum absolute atomic E-state index is 12.5. The van der Waals surface area contributed by atoms with Crippen LogP contribution in [0.3, 0.4) is 0 Å². The predicted molar refractivity (Wildman–Crippen MR) is 128 cm³/mol. The Morgan fingerprint density at radius 1 is 1.26 bits per heavy atom. The van der Waals surface area contributed by atoms with E-state index in [4.69, 9.17) is 13.9 Å². The van der Waals surface area contributed by atoms with E-state index in [1.807, 2.05) is 19.2 Å². The average Bonchev–Trinajstić information content (AvgIpc) is 3.46. The van der Waals surface area contributed by atoms with Crippen LogP contribution < -0.4 is 10.6 Å². The van der Waals surface area contributed by atoms with Gasteiger partial charge in [-0.2, -0.15) is 0 Å². The standard InChI is InChI=1S/C24H26N8O2/c1-13-9-16(13)24(33)27-19-10-17-18(11-26-23(25-2)21(17)30-29-19)22-28-20-4-3-15(12-32(20)31-22)14-5-7-34-8-6-14/h3-4,10-14,16H,5-9H2,1-2H3,(H,25,26)(H,27,29,33)/t13-,16+/m1/s1/i2D3. The fraction of sp³-hybridized carbons (Fsp3) is 0.417. The lowest BCUT2D eigenvalue weighted by atomic mass is 9.93. The second-order valence-electron chi connectivity index (χ2n) is 9.03. The molecule has 1 saturated heterocycles. The summed E-state index contributed by atoms with van der Waals surface area (Å²) in [4.78, 5) is 21.5. The van der Waals surface area contributed by atoms with Crippen molar-refractivity contribution in [2.45, 2.75) is 32.1 Å². The number of nitrogens with one attached hydrogen (secondary N) is 2. The molecule has 0 spiro atoms. The van der Waals surface area contributed by atoms with E-state index in [1.54, 1.807) is 10.6 Å². The van der Waals surface area contributed by atoms with E-state index >= 15 is 0 Å². The van der Waals surface area contributed by atoms with Gasteiger partial charge in [0.25, 0.3) is 0 Å². The number of aromatic nitrogens is 6. The zero-order chi connectivity index (χ0) is 25.7. The highest BCUT2D eigenvalue weighted by Gasteiger charge is 2.39. The second kappa shape index (κ2) is 8.28. The summed E-state index contributed by atoms with van der Waals surface area (Å²) >= 11 is 0. The normalized spacial score (nSPS) is 22.2. The summed E-state index contributed by atoms with van der Waals surface area (Å²) in [7, 11) is 0. The Labute approximate surface area is 200 Å². The van der Waals surface area contributed by atoms with Crippen LogP contribution in [0.15, 0.2) is 30.6 Å². The lowest BCUT2D eigenvalue weighted by Gasteiger charge is -2.22. The van der Waals surface area contributed by atoms with Crippen LogP contribution in [0.25, 0.3) is 27.9 Å². The quantitative estimate of drug-likeness (QED) is 0.465. The van der Waals surface area contributed by atoms with Crippen molar-refractivity contribution >= 4 is 34.1 Å². The van der Waals surface area contributed by atoms with Crippen LogP contribution in [-0.2, 0) is 9.53 Å². The number of hydrogen-bond donors (Lipinski definition) is 2. The Morgan fingerprint density at radius 3 is 2.91 bits per heavy atom. The summed E-state index contributed by atoms with van der Waals surface area (Å²) in [5, 5.41) is 18.8. The first-order valence-corrected chi connectivity index (χ1v) is 11.4. The van der Waals surface area contributed by atoms with Crippen LogP contribution >= 0.6 is 0 Å². The Bertz CT molecular complexity index is 1500. The maximum atomic E-state index is 12.5. The first kappa shape index (κ1) is 17.8. The minimum atomic E-state index is -2.47. The molecule has 10 heteroatoms. The second-order valence-corrected chi connectivity index (χ2v) is 9.03. The van der Waals surface area contributed by atoms with Crippen LogP contribution in [0.1, 0.15) is 41.8 Å². The number of rotatable bonds is 5. The molecule has 174 valence electrons. The summed E-state index contributed by atoms with van der Waals surface area (Å²) in [5.74, 6) is 1.35. The van der Waals surface area contributed by atoms with Crippen molar-refractivity contribution in [3.63, 3.8) is 0 Å². The van der Waals surface area contributed by atoms with Gasteiger partial charge < -0.3 is 15.4 Å². The molecule has 5 heterocycles. The monoisotopic (exact) mass is 461 g/mol. The molecular formula is C24H26N8O2. The van der Waals surface area contributed by atoms with Crippen molar-refractivity contribution in [1.82, 2.24) is 29.8 Å². The van der Waals surface area contributed by atoms with Crippen molar-refractivity contribution in [2.24, 2.45) is 11.8 Å². The van der Waals surface area contributed by atoms with Gasteiger partial charge in [0.1, 0.15) is 5.52 Å². The van der Waals surface area contributed by atoms with Gasteiger partial charge in [0.05, 0.1) is 0 Å². The number of hydrogen-bond acceptors (Lipinski definition) is 8. The SMILES string of the molecule is [2H]C([2H])([2H])Nc1ncc(-c2nc3ccc(C4CCOCC4)cn3n2)c2cc(NC(=O)[C@H]3C[C@H]3C)nnc12. The summed E-state index contributed by atoms with van der Waals surface area (Å²) in [6.07, 6.45) is 6.28. The highest BCUT2D eigenvalue weighted by Crippen LogP contribution is 2.38. The third kappa shape index (κ3) is 3.73. The number of fused-ring (bicyclic) bond motifs is 2. The van der Waals surface area contributed by atoms with Gasteiger partial charge in [-0.05, 0) is 48.8 Å². The van der Waals surface area contributed by atoms with Gasteiger partial charge in [-0.1, -0.05) is 13.0 Å². The van der Waals surface area contributed by atoms with Crippen LogP contribution in [-0.4, -0.2) is 55.9 Å². The molecule has 2 fully saturated rings. The van der Waals surface area contributed by atoms with Crippen molar-refractivity contribution in [3.05, 3.63) is 36.2 Å². The van der Waals surface area contributed by atoms with Gasteiger partial charge in [-0.3, -0.25) is 4.79 Å². The number of ether oxygens (including phenoxy) is 1. The molecule has 0 bridgehead atoms. The van der Waals surface area contributed by atoms with E-state index < -0.39 is 6.98 Å². The smallest absolute Gasteiger partial charge is 0.228 e. The molecule has 2 aliphatic rings. The number of amides is 1. The van der Waals surface area contributed by atoms with Gasteiger partial charge in [0.15, 0.2) is 23.1 Å². The largest absolute Gasteiger partial charge is 0.381 e. The number of anilines is 2. The Balaban J connectivity index is 1.41. The van der Waals surface area contributed by atoms with Crippen LogP contribution in [0.4, 0.5) is 11.6 Å². The van der Waals surface area contributed by atoms with E-state index in [0.29, 0.717) is 34.3 Å².